The summed E-state index contributed by atoms with van der Waals surface area (Å²) in [5, 5.41) is 14.5. The van der Waals surface area contributed by atoms with Crippen LogP contribution >= 0.6 is 0 Å². The highest BCUT2D eigenvalue weighted by atomic mass is 16.6. The van der Waals surface area contributed by atoms with Gasteiger partial charge in [0.2, 0.25) is 0 Å². The zero-order valence-electron chi connectivity index (χ0n) is 13.7. The van der Waals surface area contributed by atoms with Gasteiger partial charge >= 0.3 is 11.9 Å². The summed E-state index contributed by atoms with van der Waals surface area (Å²) in [5.74, 6) is -2.42. The van der Waals surface area contributed by atoms with Crippen molar-refractivity contribution in [1.29, 1.82) is 0 Å². The normalized spacial score (nSPS) is 10.7. The molecule has 0 atom stereocenters. The van der Waals surface area contributed by atoms with Crippen LogP contribution < -0.4 is 5.43 Å². The molecule has 0 aliphatic rings. The molecule has 1 amide bonds. The molecule has 1 aromatic rings. The van der Waals surface area contributed by atoms with Crippen LogP contribution in [0.3, 0.4) is 0 Å². The van der Waals surface area contributed by atoms with E-state index in [1.54, 1.807) is 13.8 Å². The van der Waals surface area contributed by atoms with Crippen LogP contribution in [0.1, 0.15) is 25.8 Å². The number of nitro benzene ring substituents is 1. The number of hydrazone groups is 1. The second-order valence-electron chi connectivity index (χ2n) is 4.51. The Kier molecular flexibility index (Phi) is 7.70. The molecule has 0 bridgehead atoms. The summed E-state index contributed by atoms with van der Waals surface area (Å²) in [5.41, 5.74) is 1.54. The number of hydrogen-bond donors (Lipinski definition) is 1. The van der Waals surface area contributed by atoms with Gasteiger partial charge in [-0.15, -0.1) is 0 Å². The minimum absolute atomic E-state index is 0.0452. The van der Waals surface area contributed by atoms with E-state index in [1.165, 1.54) is 18.2 Å². The lowest BCUT2D eigenvalue weighted by Crippen LogP contribution is -2.27. The quantitative estimate of drug-likeness (QED) is 0.242. The number of amides is 1. The number of carbonyl (C=O) groups is 3. The van der Waals surface area contributed by atoms with E-state index in [4.69, 9.17) is 4.74 Å². The molecule has 0 unspecified atom stereocenters. The van der Waals surface area contributed by atoms with Gasteiger partial charge in [-0.25, -0.2) is 10.2 Å². The number of nitrogens with zero attached hydrogens (tertiary/aromatic N) is 2. The van der Waals surface area contributed by atoms with E-state index in [0.29, 0.717) is 0 Å². The predicted molar refractivity (Wildman–Crippen MR) is 85.7 cm³/mol. The third-order valence-electron chi connectivity index (χ3n) is 2.70. The SMILES string of the molecule is CCOC(=O)CC(=O)N/N=C(/C(=O)OCC)c1cccc([N+](=O)[O-])c1. The third kappa shape index (κ3) is 6.37. The smallest absolute Gasteiger partial charge is 0.359 e. The molecule has 0 saturated carbocycles. The maximum atomic E-state index is 12.0. The minimum Gasteiger partial charge on any atom is -0.466 e. The first-order valence-corrected chi connectivity index (χ1v) is 7.33. The average Bonchev–Trinajstić information content (AvgIpc) is 2.55. The number of benzene rings is 1. The van der Waals surface area contributed by atoms with Crippen LogP contribution in [0.15, 0.2) is 29.4 Å². The Labute approximate surface area is 142 Å². The minimum atomic E-state index is -0.876. The summed E-state index contributed by atoms with van der Waals surface area (Å²) >= 11 is 0. The fraction of sp³-hybridized carbons (Fsp3) is 0.333. The summed E-state index contributed by atoms with van der Waals surface area (Å²) in [6.45, 7) is 3.33. The highest BCUT2D eigenvalue weighted by molar-refractivity contribution is 6.43. The summed E-state index contributed by atoms with van der Waals surface area (Å²) < 4.78 is 9.45. The van der Waals surface area contributed by atoms with E-state index in [1.807, 2.05) is 5.43 Å². The van der Waals surface area contributed by atoms with Crippen molar-refractivity contribution in [3.8, 4) is 0 Å². The number of non-ortho nitro benzene ring substituents is 1. The molecule has 10 heteroatoms. The lowest BCUT2D eigenvalue weighted by Gasteiger charge is -2.07. The molecule has 0 radical (unpaired) electrons. The molecular weight excluding hydrogens is 334 g/mol. The zero-order chi connectivity index (χ0) is 18.8. The van der Waals surface area contributed by atoms with Gasteiger partial charge in [0, 0.05) is 17.7 Å². The van der Waals surface area contributed by atoms with Crippen LogP contribution in [0.4, 0.5) is 5.69 Å². The van der Waals surface area contributed by atoms with Crippen molar-refractivity contribution < 1.29 is 28.8 Å². The molecule has 0 saturated heterocycles. The molecule has 0 fully saturated rings. The fourth-order valence-corrected chi connectivity index (χ4v) is 1.70. The first-order valence-electron chi connectivity index (χ1n) is 7.33. The topological polar surface area (TPSA) is 137 Å². The Bertz CT molecular complexity index is 700. The molecule has 0 aliphatic carbocycles. The zero-order valence-corrected chi connectivity index (χ0v) is 13.7. The van der Waals surface area contributed by atoms with Crippen molar-refractivity contribution in [3.63, 3.8) is 0 Å². The molecule has 1 aromatic carbocycles. The van der Waals surface area contributed by atoms with Gasteiger partial charge in [0.1, 0.15) is 6.42 Å². The predicted octanol–water partition coefficient (Wildman–Crippen LogP) is 0.931. The molecule has 1 rings (SSSR count). The van der Waals surface area contributed by atoms with Crippen LogP contribution in [0, 0.1) is 10.1 Å². The maximum absolute atomic E-state index is 12.0. The molecule has 0 aliphatic heterocycles. The van der Waals surface area contributed by atoms with E-state index in [0.717, 1.165) is 6.07 Å². The summed E-state index contributed by atoms with van der Waals surface area (Å²) in [7, 11) is 0. The Morgan fingerprint density at radius 1 is 1.20 bits per heavy atom. The fourth-order valence-electron chi connectivity index (χ4n) is 1.70. The van der Waals surface area contributed by atoms with Crippen molar-refractivity contribution in [3.05, 3.63) is 39.9 Å². The van der Waals surface area contributed by atoms with E-state index < -0.39 is 29.2 Å². The highest BCUT2D eigenvalue weighted by Crippen LogP contribution is 2.14. The monoisotopic (exact) mass is 351 g/mol. The Morgan fingerprint density at radius 2 is 1.88 bits per heavy atom. The van der Waals surface area contributed by atoms with E-state index >= 15 is 0 Å². The molecule has 1 N–H and O–H groups in total. The molecule has 0 heterocycles. The molecule has 0 aromatic heterocycles. The van der Waals surface area contributed by atoms with E-state index in [-0.39, 0.29) is 30.2 Å². The Balaban J connectivity index is 3.02. The third-order valence-corrected chi connectivity index (χ3v) is 2.70. The van der Waals surface area contributed by atoms with Crippen molar-refractivity contribution in [2.45, 2.75) is 20.3 Å². The van der Waals surface area contributed by atoms with Gasteiger partial charge < -0.3 is 9.47 Å². The van der Waals surface area contributed by atoms with Gasteiger partial charge in [0.05, 0.1) is 18.1 Å². The van der Waals surface area contributed by atoms with E-state index in [2.05, 4.69) is 9.84 Å². The summed E-state index contributed by atoms with van der Waals surface area (Å²) in [6.07, 6.45) is -0.581. The highest BCUT2D eigenvalue weighted by Gasteiger charge is 2.19. The molecule has 25 heavy (non-hydrogen) atoms. The number of hydrogen-bond acceptors (Lipinski definition) is 8. The van der Waals surface area contributed by atoms with Gasteiger partial charge in [-0.2, -0.15) is 5.10 Å². The number of esters is 2. The number of rotatable bonds is 8. The number of carbonyl (C=O) groups excluding carboxylic acids is 3. The van der Waals surface area contributed by atoms with Crippen molar-refractivity contribution >= 4 is 29.2 Å². The van der Waals surface area contributed by atoms with Crippen LogP contribution in [0.25, 0.3) is 0 Å². The van der Waals surface area contributed by atoms with Gasteiger partial charge in [-0.05, 0) is 13.8 Å². The van der Waals surface area contributed by atoms with E-state index in [9.17, 15) is 24.5 Å². The second kappa shape index (κ2) is 9.75. The maximum Gasteiger partial charge on any atom is 0.359 e. The first kappa shape index (κ1) is 19.7. The lowest BCUT2D eigenvalue weighted by atomic mass is 10.1. The van der Waals surface area contributed by atoms with Crippen molar-refractivity contribution in [1.82, 2.24) is 5.43 Å². The molecular formula is C15H17N3O7. The molecule has 0 spiro atoms. The van der Waals surface area contributed by atoms with Gasteiger partial charge in [0.25, 0.3) is 11.6 Å². The van der Waals surface area contributed by atoms with Crippen LogP contribution in [0.2, 0.25) is 0 Å². The van der Waals surface area contributed by atoms with Crippen molar-refractivity contribution in [2.24, 2.45) is 5.10 Å². The number of nitrogens with one attached hydrogen (secondary N) is 1. The van der Waals surface area contributed by atoms with Gasteiger partial charge in [-0.1, -0.05) is 12.1 Å². The van der Waals surface area contributed by atoms with Crippen LogP contribution in [-0.2, 0) is 23.9 Å². The number of nitro groups is 1. The Morgan fingerprint density at radius 3 is 2.48 bits per heavy atom. The van der Waals surface area contributed by atoms with Crippen LogP contribution in [-0.4, -0.2) is 41.7 Å². The number of ether oxygens (including phenoxy) is 2. The largest absolute Gasteiger partial charge is 0.466 e. The lowest BCUT2D eigenvalue weighted by molar-refractivity contribution is -0.384. The van der Waals surface area contributed by atoms with Gasteiger partial charge in [-0.3, -0.25) is 19.7 Å². The second-order valence-corrected chi connectivity index (χ2v) is 4.51. The van der Waals surface area contributed by atoms with Gasteiger partial charge in [0.15, 0.2) is 5.71 Å². The van der Waals surface area contributed by atoms with Crippen molar-refractivity contribution in [2.75, 3.05) is 13.2 Å². The molecule has 134 valence electrons. The summed E-state index contributed by atoms with van der Waals surface area (Å²) in [6, 6.07) is 5.13. The average molecular weight is 351 g/mol. The summed E-state index contributed by atoms with van der Waals surface area (Å²) in [4.78, 5) is 45.1. The Hall–Kier alpha value is -3.30. The standard InChI is InChI=1S/C15H17N3O7/c1-3-24-13(20)9-12(19)16-17-14(15(21)25-4-2)10-6-5-7-11(8-10)18(22)23/h5-8H,3-4,9H2,1-2H3,(H,16,19)/b17-14+. The van der Waals surface area contributed by atoms with Crippen LogP contribution in [0.5, 0.6) is 0 Å². The first-order chi connectivity index (χ1) is 11.9. The molecule has 10 nitrogen and oxygen atoms in total.